The first kappa shape index (κ1) is 19.6. The van der Waals surface area contributed by atoms with Gasteiger partial charge in [0.2, 0.25) is 5.91 Å². The monoisotopic (exact) mass is 389 g/mol. The van der Waals surface area contributed by atoms with Crippen LogP contribution in [-0.2, 0) is 23.1 Å². The molecule has 2 amide bonds. The van der Waals surface area contributed by atoms with Crippen molar-refractivity contribution in [2.24, 2.45) is 7.05 Å². The van der Waals surface area contributed by atoms with Crippen LogP contribution in [0.3, 0.4) is 0 Å². The highest BCUT2D eigenvalue weighted by molar-refractivity contribution is 7.12. The second-order valence-electron chi connectivity index (χ2n) is 6.91. The molecular formula is C20H27N3O3S. The molecule has 3 rings (SSSR count). The van der Waals surface area contributed by atoms with E-state index in [2.05, 4.69) is 0 Å². The highest BCUT2D eigenvalue weighted by atomic mass is 32.1. The van der Waals surface area contributed by atoms with Crippen LogP contribution in [0.1, 0.15) is 34.6 Å². The van der Waals surface area contributed by atoms with Gasteiger partial charge < -0.3 is 19.1 Å². The van der Waals surface area contributed by atoms with E-state index in [4.69, 9.17) is 4.74 Å². The Morgan fingerprint density at radius 3 is 2.70 bits per heavy atom. The average molecular weight is 390 g/mol. The number of carbonyl (C=O) groups excluding carboxylic acids is 2. The Labute approximate surface area is 164 Å². The third-order valence-corrected chi connectivity index (χ3v) is 5.67. The summed E-state index contributed by atoms with van der Waals surface area (Å²) in [7, 11) is 3.63. The molecule has 0 radical (unpaired) electrons. The Hall–Kier alpha value is -2.12. The highest BCUT2D eigenvalue weighted by Gasteiger charge is 2.34. The van der Waals surface area contributed by atoms with E-state index in [0.29, 0.717) is 37.0 Å². The molecule has 2 aromatic heterocycles. The standard InChI is InChI=1S/C20H27N3O3S/c1-21-10-3-6-17(21)14-23(16-8-9-16)19(24)15-22(11-5-12-26-2)20(25)18-7-4-13-27-18/h3-4,6-7,10,13,16H,5,8-9,11-12,14-15H2,1-2H3. The van der Waals surface area contributed by atoms with Gasteiger partial charge in [0.15, 0.2) is 0 Å². The number of methoxy groups -OCH3 is 1. The molecule has 2 heterocycles. The summed E-state index contributed by atoms with van der Waals surface area (Å²) in [4.78, 5) is 30.2. The van der Waals surface area contributed by atoms with Gasteiger partial charge in [-0.25, -0.2) is 0 Å². The first-order chi connectivity index (χ1) is 13.1. The Morgan fingerprint density at radius 2 is 2.11 bits per heavy atom. The molecule has 6 nitrogen and oxygen atoms in total. The molecule has 0 aliphatic heterocycles. The second kappa shape index (κ2) is 9.19. The van der Waals surface area contributed by atoms with Crippen LogP contribution < -0.4 is 0 Å². The van der Waals surface area contributed by atoms with Crippen molar-refractivity contribution in [2.45, 2.75) is 31.8 Å². The minimum atomic E-state index is -0.0796. The minimum absolute atomic E-state index is 0.0148. The van der Waals surface area contributed by atoms with Crippen LogP contribution in [-0.4, -0.2) is 59.0 Å². The summed E-state index contributed by atoms with van der Waals surface area (Å²) < 4.78 is 7.15. The zero-order valence-corrected chi connectivity index (χ0v) is 16.8. The van der Waals surface area contributed by atoms with Gasteiger partial charge in [-0.3, -0.25) is 9.59 Å². The van der Waals surface area contributed by atoms with Gasteiger partial charge >= 0.3 is 0 Å². The first-order valence-electron chi connectivity index (χ1n) is 9.31. The lowest BCUT2D eigenvalue weighted by atomic mass is 10.3. The molecule has 7 heteroatoms. The van der Waals surface area contributed by atoms with Gasteiger partial charge in [0.05, 0.1) is 11.4 Å². The molecule has 1 aliphatic carbocycles. The number of amides is 2. The summed E-state index contributed by atoms with van der Waals surface area (Å²) in [6.07, 6.45) is 4.78. The van der Waals surface area contributed by atoms with Gasteiger partial charge in [0, 0.05) is 45.2 Å². The van der Waals surface area contributed by atoms with Crippen molar-refractivity contribution in [3.8, 4) is 0 Å². The normalized spacial score (nSPS) is 13.6. The van der Waals surface area contributed by atoms with Crippen molar-refractivity contribution >= 4 is 23.2 Å². The third kappa shape index (κ3) is 5.20. The molecule has 0 N–H and O–H groups in total. The number of nitrogens with zero attached hydrogens (tertiary/aromatic N) is 3. The molecule has 0 atom stereocenters. The molecule has 1 fully saturated rings. The smallest absolute Gasteiger partial charge is 0.264 e. The summed E-state index contributed by atoms with van der Waals surface area (Å²) >= 11 is 1.41. The summed E-state index contributed by atoms with van der Waals surface area (Å²) in [6, 6.07) is 7.99. The van der Waals surface area contributed by atoms with Gasteiger partial charge in [0.25, 0.3) is 5.91 Å². The van der Waals surface area contributed by atoms with Crippen LogP contribution >= 0.6 is 11.3 Å². The maximum Gasteiger partial charge on any atom is 0.264 e. The summed E-state index contributed by atoms with van der Waals surface area (Å²) in [6.45, 7) is 1.78. The Morgan fingerprint density at radius 1 is 1.30 bits per heavy atom. The van der Waals surface area contributed by atoms with Crippen molar-refractivity contribution in [1.29, 1.82) is 0 Å². The number of ether oxygens (including phenoxy) is 1. The largest absolute Gasteiger partial charge is 0.385 e. The molecule has 0 bridgehead atoms. The SMILES string of the molecule is COCCCN(CC(=O)N(Cc1cccn1C)C1CC1)C(=O)c1cccs1. The van der Waals surface area contributed by atoms with Crippen molar-refractivity contribution in [3.05, 3.63) is 46.4 Å². The number of rotatable bonds is 10. The van der Waals surface area contributed by atoms with E-state index in [1.54, 1.807) is 12.0 Å². The van der Waals surface area contributed by atoms with Crippen LogP contribution in [0.15, 0.2) is 35.8 Å². The lowest BCUT2D eigenvalue weighted by Gasteiger charge is -2.27. The predicted octanol–water partition coefficient (Wildman–Crippen LogP) is 2.76. The van der Waals surface area contributed by atoms with E-state index >= 15 is 0 Å². The number of aromatic nitrogens is 1. The van der Waals surface area contributed by atoms with E-state index in [-0.39, 0.29) is 18.4 Å². The quantitative estimate of drug-likeness (QED) is 0.587. The van der Waals surface area contributed by atoms with Crippen molar-refractivity contribution in [2.75, 3.05) is 26.8 Å². The predicted molar refractivity (Wildman–Crippen MR) is 106 cm³/mol. The van der Waals surface area contributed by atoms with E-state index in [0.717, 1.165) is 18.5 Å². The fourth-order valence-electron chi connectivity index (χ4n) is 3.10. The van der Waals surface area contributed by atoms with E-state index < -0.39 is 0 Å². The van der Waals surface area contributed by atoms with E-state index in [1.165, 1.54) is 11.3 Å². The highest BCUT2D eigenvalue weighted by Crippen LogP contribution is 2.28. The number of thiophene rings is 1. The minimum Gasteiger partial charge on any atom is -0.385 e. The second-order valence-corrected chi connectivity index (χ2v) is 7.86. The van der Waals surface area contributed by atoms with E-state index in [9.17, 15) is 9.59 Å². The van der Waals surface area contributed by atoms with Crippen LogP contribution in [0, 0.1) is 0 Å². The molecule has 0 spiro atoms. The lowest BCUT2D eigenvalue weighted by molar-refractivity contribution is -0.133. The van der Waals surface area contributed by atoms with Gasteiger partial charge in [-0.1, -0.05) is 6.07 Å². The van der Waals surface area contributed by atoms with Crippen LogP contribution in [0.2, 0.25) is 0 Å². The van der Waals surface area contributed by atoms with Gasteiger partial charge in [-0.2, -0.15) is 0 Å². The summed E-state index contributed by atoms with van der Waals surface area (Å²) in [5.41, 5.74) is 1.10. The molecule has 146 valence electrons. The topological polar surface area (TPSA) is 54.8 Å². The third-order valence-electron chi connectivity index (χ3n) is 4.81. The summed E-state index contributed by atoms with van der Waals surface area (Å²) in [5.74, 6) is -0.0647. The number of hydrogen-bond donors (Lipinski definition) is 0. The molecule has 0 unspecified atom stereocenters. The maximum absolute atomic E-state index is 13.1. The Bertz CT molecular complexity index is 752. The Balaban J connectivity index is 1.69. The van der Waals surface area contributed by atoms with E-state index in [1.807, 2.05) is 52.4 Å². The zero-order chi connectivity index (χ0) is 19.2. The van der Waals surface area contributed by atoms with Gasteiger partial charge in [-0.15, -0.1) is 11.3 Å². The fraction of sp³-hybridized carbons (Fsp3) is 0.500. The van der Waals surface area contributed by atoms with Crippen LogP contribution in [0.5, 0.6) is 0 Å². The molecule has 1 saturated carbocycles. The number of aryl methyl sites for hydroxylation is 1. The zero-order valence-electron chi connectivity index (χ0n) is 16.0. The average Bonchev–Trinajstić information content (AvgIpc) is 3.18. The molecule has 27 heavy (non-hydrogen) atoms. The van der Waals surface area contributed by atoms with Crippen molar-refractivity contribution in [1.82, 2.24) is 14.4 Å². The molecule has 0 aromatic carbocycles. The van der Waals surface area contributed by atoms with Crippen LogP contribution in [0.25, 0.3) is 0 Å². The fourth-order valence-corrected chi connectivity index (χ4v) is 3.80. The van der Waals surface area contributed by atoms with Gasteiger partial charge in [0.1, 0.15) is 6.54 Å². The summed E-state index contributed by atoms with van der Waals surface area (Å²) in [5, 5.41) is 1.88. The number of hydrogen-bond acceptors (Lipinski definition) is 4. The lowest BCUT2D eigenvalue weighted by Crippen LogP contribution is -2.44. The van der Waals surface area contributed by atoms with Crippen LogP contribution in [0.4, 0.5) is 0 Å². The molecular weight excluding hydrogens is 362 g/mol. The Kier molecular flexibility index (Phi) is 6.68. The number of carbonyl (C=O) groups is 2. The van der Waals surface area contributed by atoms with Gasteiger partial charge in [-0.05, 0) is 42.8 Å². The molecule has 0 saturated heterocycles. The molecule has 1 aliphatic rings. The first-order valence-corrected chi connectivity index (χ1v) is 10.2. The van der Waals surface area contributed by atoms with Crippen molar-refractivity contribution in [3.63, 3.8) is 0 Å². The molecule has 2 aromatic rings. The maximum atomic E-state index is 13.1. The van der Waals surface area contributed by atoms with Crippen molar-refractivity contribution < 1.29 is 14.3 Å².